The molecule has 0 saturated heterocycles. The SMILES string of the molecule is COc1ccc([SiH]C(C)(C)C)cc1. The molecule has 2 heteroatoms. The standard InChI is InChI=1S/C11H17OSi/c1-11(2,3)13-10-7-5-9(12-4)6-8-10/h5-8,13H,1-4H3. The van der Waals surface area contributed by atoms with Gasteiger partial charge in [0.2, 0.25) is 0 Å². The second-order valence-corrected chi connectivity index (χ2v) is 6.97. The van der Waals surface area contributed by atoms with Crippen LogP contribution in [0.15, 0.2) is 24.3 Å². The van der Waals surface area contributed by atoms with Gasteiger partial charge in [-0.15, -0.1) is 0 Å². The highest BCUT2D eigenvalue weighted by atomic mass is 28.2. The van der Waals surface area contributed by atoms with E-state index in [4.69, 9.17) is 4.74 Å². The number of methoxy groups -OCH3 is 1. The Balaban J connectivity index is 2.70. The molecule has 0 spiro atoms. The Hall–Kier alpha value is -0.763. The third-order valence-electron chi connectivity index (χ3n) is 1.72. The predicted octanol–water partition coefficient (Wildman–Crippen LogP) is 1.98. The number of benzene rings is 1. The van der Waals surface area contributed by atoms with Crippen LogP contribution in [0.3, 0.4) is 0 Å². The van der Waals surface area contributed by atoms with Crippen molar-refractivity contribution in [2.75, 3.05) is 7.11 Å². The molecule has 1 rings (SSSR count). The Kier molecular flexibility index (Phi) is 3.15. The van der Waals surface area contributed by atoms with Crippen LogP contribution in [0.4, 0.5) is 0 Å². The molecule has 0 aliphatic carbocycles. The van der Waals surface area contributed by atoms with Crippen LogP contribution in [0.25, 0.3) is 0 Å². The largest absolute Gasteiger partial charge is 0.497 e. The molecule has 0 amide bonds. The summed E-state index contributed by atoms with van der Waals surface area (Å²) in [5, 5.41) is 1.89. The van der Waals surface area contributed by atoms with Gasteiger partial charge >= 0.3 is 0 Å². The fraction of sp³-hybridized carbons (Fsp3) is 0.455. The summed E-state index contributed by atoms with van der Waals surface area (Å²) < 4.78 is 5.11. The van der Waals surface area contributed by atoms with Gasteiger partial charge in [0, 0.05) is 0 Å². The molecule has 0 aromatic heterocycles. The van der Waals surface area contributed by atoms with Crippen molar-refractivity contribution in [3.8, 4) is 5.75 Å². The highest BCUT2D eigenvalue weighted by molar-refractivity contribution is 6.56. The van der Waals surface area contributed by atoms with Crippen molar-refractivity contribution < 1.29 is 4.74 Å². The van der Waals surface area contributed by atoms with Crippen molar-refractivity contribution in [2.24, 2.45) is 0 Å². The maximum Gasteiger partial charge on any atom is 0.118 e. The zero-order valence-corrected chi connectivity index (χ0v) is 9.95. The van der Waals surface area contributed by atoms with E-state index in [2.05, 4.69) is 32.9 Å². The van der Waals surface area contributed by atoms with Gasteiger partial charge in [-0.1, -0.05) is 38.1 Å². The monoisotopic (exact) mass is 193 g/mol. The maximum atomic E-state index is 5.11. The molecule has 13 heavy (non-hydrogen) atoms. The summed E-state index contributed by atoms with van der Waals surface area (Å²) in [6.07, 6.45) is 0. The maximum absolute atomic E-state index is 5.11. The van der Waals surface area contributed by atoms with E-state index in [0.29, 0.717) is 14.6 Å². The van der Waals surface area contributed by atoms with Crippen molar-refractivity contribution in [3.05, 3.63) is 24.3 Å². The molecule has 1 radical (unpaired) electrons. The molecule has 0 unspecified atom stereocenters. The van der Waals surface area contributed by atoms with Gasteiger partial charge in [-0.3, -0.25) is 0 Å². The lowest BCUT2D eigenvalue weighted by atomic mass is 10.2. The molecule has 71 valence electrons. The lowest BCUT2D eigenvalue weighted by molar-refractivity contribution is 0.415. The Morgan fingerprint density at radius 1 is 1.08 bits per heavy atom. The van der Waals surface area contributed by atoms with Crippen LogP contribution in [0.2, 0.25) is 5.04 Å². The smallest absolute Gasteiger partial charge is 0.118 e. The summed E-state index contributed by atoms with van der Waals surface area (Å²) in [7, 11) is 2.05. The van der Waals surface area contributed by atoms with Crippen molar-refractivity contribution in [1.29, 1.82) is 0 Å². The van der Waals surface area contributed by atoms with Crippen LogP contribution >= 0.6 is 0 Å². The van der Waals surface area contributed by atoms with Gasteiger partial charge in [0.1, 0.15) is 5.75 Å². The first-order chi connectivity index (χ1) is 6.01. The highest BCUT2D eigenvalue weighted by Gasteiger charge is 2.11. The minimum Gasteiger partial charge on any atom is -0.497 e. The van der Waals surface area contributed by atoms with Crippen molar-refractivity contribution in [2.45, 2.75) is 25.8 Å². The predicted molar refractivity (Wildman–Crippen MR) is 59.5 cm³/mol. The van der Waals surface area contributed by atoms with Crippen LogP contribution in [0, 0.1) is 0 Å². The molecule has 0 N–H and O–H groups in total. The van der Waals surface area contributed by atoms with E-state index in [1.165, 1.54) is 5.19 Å². The van der Waals surface area contributed by atoms with Crippen LogP contribution < -0.4 is 9.92 Å². The van der Waals surface area contributed by atoms with E-state index in [1.54, 1.807) is 7.11 Å². The number of hydrogen-bond acceptors (Lipinski definition) is 1. The lowest BCUT2D eigenvalue weighted by Gasteiger charge is -2.16. The Labute approximate surface area is 82.9 Å². The van der Waals surface area contributed by atoms with Gasteiger partial charge in [-0.25, -0.2) is 0 Å². The molecule has 0 aliphatic rings. The Bertz CT molecular complexity index is 258. The van der Waals surface area contributed by atoms with Crippen LogP contribution in [-0.4, -0.2) is 16.6 Å². The molecule has 0 saturated carbocycles. The van der Waals surface area contributed by atoms with Crippen molar-refractivity contribution >= 4 is 14.7 Å². The Morgan fingerprint density at radius 2 is 1.62 bits per heavy atom. The third-order valence-corrected chi connectivity index (χ3v) is 3.30. The summed E-state index contributed by atoms with van der Waals surface area (Å²) in [5.74, 6) is 0.942. The summed E-state index contributed by atoms with van der Waals surface area (Å²) in [4.78, 5) is 0. The van der Waals surface area contributed by atoms with Gasteiger partial charge in [0.05, 0.1) is 16.6 Å². The molecular weight excluding hydrogens is 176 g/mol. The van der Waals surface area contributed by atoms with E-state index in [-0.39, 0.29) is 0 Å². The number of rotatable bonds is 2. The quantitative estimate of drug-likeness (QED) is 0.653. The first kappa shape index (κ1) is 10.3. The summed E-state index contributed by atoms with van der Waals surface area (Å²) >= 11 is 0. The molecule has 1 aromatic carbocycles. The van der Waals surface area contributed by atoms with E-state index < -0.39 is 0 Å². The molecule has 0 atom stereocenters. The molecule has 1 aromatic rings. The molecule has 0 bridgehead atoms. The molecule has 0 fully saturated rings. The highest BCUT2D eigenvalue weighted by Crippen LogP contribution is 2.19. The van der Waals surface area contributed by atoms with E-state index >= 15 is 0 Å². The van der Waals surface area contributed by atoms with E-state index in [9.17, 15) is 0 Å². The lowest BCUT2D eigenvalue weighted by Crippen LogP contribution is -2.22. The van der Waals surface area contributed by atoms with Crippen LogP contribution in [0.1, 0.15) is 20.8 Å². The van der Waals surface area contributed by atoms with Crippen LogP contribution in [0.5, 0.6) is 5.75 Å². The molecule has 0 heterocycles. The summed E-state index contributed by atoms with van der Waals surface area (Å²) in [5.41, 5.74) is 0. The zero-order chi connectivity index (χ0) is 9.90. The topological polar surface area (TPSA) is 9.23 Å². The van der Waals surface area contributed by atoms with Gasteiger partial charge in [-0.05, 0) is 17.2 Å². The van der Waals surface area contributed by atoms with Gasteiger partial charge < -0.3 is 4.74 Å². The molecule has 1 nitrogen and oxygen atoms in total. The first-order valence-electron chi connectivity index (χ1n) is 4.51. The number of ether oxygens (including phenoxy) is 1. The minimum absolute atomic E-state index is 0.352. The van der Waals surface area contributed by atoms with Crippen LogP contribution in [-0.2, 0) is 0 Å². The second-order valence-electron chi connectivity index (χ2n) is 4.28. The fourth-order valence-corrected chi connectivity index (χ4v) is 2.59. The van der Waals surface area contributed by atoms with Crippen molar-refractivity contribution in [3.63, 3.8) is 0 Å². The fourth-order valence-electron chi connectivity index (χ4n) is 1.20. The average Bonchev–Trinajstić information content (AvgIpc) is 2.03. The van der Waals surface area contributed by atoms with Crippen molar-refractivity contribution in [1.82, 2.24) is 0 Å². The average molecular weight is 193 g/mol. The van der Waals surface area contributed by atoms with Gasteiger partial charge in [-0.2, -0.15) is 0 Å². The van der Waals surface area contributed by atoms with Gasteiger partial charge in [0.15, 0.2) is 0 Å². The minimum atomic E-state index is 0.352. The van der Waals surface area contributed by atoms with E-state index in [0.717, 1.165) is 5.75 Å². The Morgan fingerprint density at radius 3 is 2.00 bits per heavy atom. The molecule has 0 aliphatic heterocycles. The van der Waals surface area contributed by atoms with E-state index in [1.807, 2.05) is 12.1 Å². The number of hydrogen-bond donors (Lipinski definition) is 0. The van der Waals surface area contributed by atoms with Gasteiger partial charge in [0.25, 0.3) is 0 Å². The zero-order valence-electron chi connectivity index (χ0n) is 8.79. The second kappa shape index (κ2) is 3.96. The normalized spacial score (nSPS) is 11.4. The first-order valence-corrected chi connectivity index (χ1v) is 5.67. The third kappa shape index (κ3) is 3.64. The molecular formula is C11H17OSi. The summed E-state index contributed by atoms with van der Waals surface area (Å²) in [6, 6.07) is 8.40. The summed E-state index contributed by atoms with van der Waals surface area (Å²) in [6.45, 7) is 6.85.